The van der Waals surface area contributed by atoms with Crippen molar-refractivity contribution in [3.05, 3.63) is 67.1 Å². The van der Waals surface area contributed by atoms with E-state index in [4.69, 9.17) is 6.42 Å². The van der Waals surface area contributed by atoms with Crippen molar-refractivity contribution in [3.63, 3.8) is 0 Å². The van der Waals surface area contributed by atoms with Gasteiger partial charge >= 0.3 is 22.4 Å². The minimum absolute atomic E-state index is 0. The van der Waals surface area contributed by atoms with Crippen LogP contribution in [-0.2, 0) is 22.4 Å². The van der Waals surface area contributed by atoms with E-state index in [1.807, 2.05) is 36.4 Å². The third-order valence-corrected chi connectivity index (χ3v) is 3.99. The van der Waals surface area contributed by atoms with Crippen molar-refractivity contribution < 1.29 is 22.4 Å². The summed E-state index contributed by atoms with van der Waals surface area (Å²) < 4.78 is 0. The van der Waals surface area contributed by atoms with E-state index in [-0.39, 0.29) is 22.4 Å². The molecule has 0 atom stereocenters. The summed E-state index contributed by atoms with van der Waals surface area (Å²) in [7, 11) is -0.732. The molecule has 2 aromatic carbocycles. The molecule has 0 N–H and O–H groups in total. The molecule has 0 radical (unpaired) electrons. The summed E-state index contributed by atoms with van der Waals surface area (Å²) in [6.07, 6.45) is 7.41. The average Bonchev–Trinajstić information content (AvgIpc) is 2.33. The second kappa shape index (κ2) is 6.69. The summed E-state index contributed by atoms with van der Waals surface area (Å²) in [6, 6.07) is 20.2. The Morgan fingerprint density at radius 3 is 1.44 bits per heavy atom. The molecule has 2 heteroatoms. The van der Waals surface area contributed by atoms with Crippen LogP contribution < -0.4 is 10.6 Å². The van der Waals surface area contributed by atoms with Crippen molar-refractivity contribution in [1.82, 2.24) is 0 Å². The first-order valence-corrected chi connectivity index (χ1v) is 6.08. The normalized spacial score (nSPS) is 9.25. The van der Waals surface area contributed by atoms with Crippen LogP contribution in [0.5, 0.6) is 0 Å². The van der Waals surface area contributed by atoms with Gasteiger partial charge in [0.25, 0.3) is 0 Å². The van der Waals surface area contributed by atoms with Crippen molar-refractivity contribution in [3.8, 4) is 5.66 Å². The SMILES string of the molecule is [Au+].[C-]#CP(c1ccccc1)c1ccccc1. The maximum absolute atomic E-state index is 7.41. The summed E-state index contributed by atoms with van der Waals surface area (Å²) in [5.74, 6) is 0. The smallest absolute Gasteiger partial charge is 0.688 e. The molecule has 16 heavy (non-hydrogen) atoms. The molecule has 0 aliphatic carbocycles. The zero-order chi connectivity index (χ0) is 10.5. The largest absolute Gasteiger partial charge is 1.00 e. The summed E-state index contributed by atoms with van der Waals surface area (Å²) in [6.45, 7) is 0. The van der Waals surface area contributed by atoms with Gasteiger partial charge in [0.15, 0.2) is 0 Å². The van der Waals surface area contributed by atoms with Gasteiger partial charge in [-0.1, -0.05) is 60.7 Å². The third-order valence-electron chi connectivity index (χ3n) is 2.14. The van der Waals surface area contributed by atoms with Gasteiger partial charge in [-0.2, -0.15) is 0 Å². The van der Waals surface area contributed by atoms with Crippen LogP contribution in [0.2, 0.25) is 0 Å². The Hall–Kier alpha value is -0.830. The summed E-state index contributed by atoms with van der Waals surface area (Å²) in [5.41, 5.74) is 2.65. The molecule has 2 aromatic rings. The van der Waals surface area contributed by atoms with E-state index in [1.165, 1.54) is 10.6 Å². The predicted molar refractivity (Wildman–Crippen MR) is 66.2 cm³/mol. The molecular formula is C14H10AuP. The van der Waals surface area contributed by atoms with Crippen molar-refractivity contribution in [1.29, 1.82) is 0 Å². The van der Waals surface area contributed by atoms with E-state index in [1.54, 1.807) is 0 Å². The minimum atomic E-state index is -0.732. The molecule has 0 saturated carbocycles. The van der Waals surface area contributed by atoms with E-state index in [2.05, 4.69) is 29.9 Å². The molecule has 2 rings (SSSR count). The van der Waals surface area contributed by atoms with Crippen LogP contribution in [0.3, 0.4) is 0 Å². The molecular weight excluding hydrogens is 396 g/mol. The molecule has 0 nitrogen and oxygen atoms in total. The molecule has 0 amide bonds. The average molecular weight is 406 g/mol. The first-order chi connectivity index (χ1) is 7.42. The molecule has 0 bridgehead atoms. The predicted octanol–water partition coefficient (Wildman–Crippen LogP) is 2.66. The van der Waals surface area contributed by atoms with Crippen molar-refractivity contribution in [2.24, 2.45) is 0 Å². The summed E-state index contributed by atoms with van der Waals surface area (Å²) in [4.78, 5) is 0. The number of hydrogen-bond donors (Lipinski definition) is 0. The fraction of sp³-hybridized carbons (Fsp3) is 0. The van der Waals surface area contributed by atoms with E-state index in [0.717, 1.165) is 0 Å². The molecule has 0 unspecified atom stereocenters. The Kier molecular flexibility index (Phi) is 5.53. The van der Waals surface area contributed by atoms with Crippen LogP contribution in [-0.4, -0.2) is 0 Å². The zero-order valence-corrected chi connectivity index (χ0v) is 11.6. The maximum atomic E-state index is 7.41. The fourth-order valence-corrected chi connectivity index (χ4v) is 2.93. The summed E-state index contributed by atoms with van der Waals surface area (Å²) in [5, 5.41) is 2.35. The Labute approximate surface area is 113 Å². The molecule has 0 heterocycles. The zero-order valence-electron chi connectivity index (χ0n) is 8.52. The molecule has 0 aliphatic rings. The van der Waals surface area contributed by atoms with Gasteiger partial charge in [-0.3, -0.25) is 0 Å². The molecule has 0 aromatic heterocycles. The van der Waals surface area contributed by atoms with Gasteiger partial charge in [-0.05, 0) is 18.5 Å². The van der Waals surface area contributed by atoms with Crippen molar-refractivity contribution >= 4 is 18.5 Å². The Balaban J connectivity index is 0.00000128. The molecule has 0 saturated heterocycles. The summed E-state index contributed by atoms with van der Waals surface area (Å²) >= 11 is 0. The number of hydrogen-bond acceptors (Lipinski definition) is 0. The van der Waals surface area contributed by atoms with Gasteiger partial charge < -0.3 is 12.1 Å². The van der Waals surface area contributed by atoms with Gasteiger partial charge in [0.1, 0.15) is 0 Å². The Morgan fingerprint density at radius 2 is 1.12 bits per heavy atom. The standard InChI is InChI=1S/C14H10P.Au/c1-2-15(13-9-5-3-6-10-13)14-11-7-4-8-12-14;/h3-12H;/q-1;+1. The Bertz CT molecular complexity index is 420. The van der Waals surface area contributed by atoms with Crippen LogP contribution in [0.4, 0.5) is 0 Å². The van der Waals surface area contributed by atoms with Crippen LogP contribution in [0.25, 0.3) is 0 Å². The second-order valence-corrected chi connectivity index (χ2v) is 5.05. The van der Waals surface area contributed by atoms with E-state index in [0.29, 0.717) is 0 Å². The monoisotopic (exact) mass is 406 g/mol. The van der Waals surface area contributed by atoms with Gasteiger partial charge in [0.05, 0.1) is 0 Å². The van der Waals surface area contributed by atoms with Crippen molar-refractivity contribution in [2.45, 2.75) is 0 Å². The van der Waals surface area contributed by atoms with Gasteiger partial charge in [0, 0.05) is 0 Å². The van der Waals surface area contributed by atoms with Crippen molar-refractivity contribution in [2.75, 3.05) is 0 Å². The minimum Gasteiger partial charge on any atom is -0.688 e. The number of benzene rings is 2. The molecule has 0 aliphatic heterocycles. The maximum Gasteiger partial charge on any atom is 1.00 e. The quantitative estimate of drug-likeness (QED) is 0.312. The first-order valence-electron chi connectivity index (χ1n) is 4.74. The van der Waals surface area contributed by atoms with Gasteiger partial charge in [-0.15, -0.1) is 0 Å². The fourth-order valence-electron chi connectivity index (χ4n) is 1.43. The molecule has 0 spiro atoms. The van der Waals surface area contributed by atoms with E-state index >= 15 is 0 Å². The van der Waals surface area contributed by atoms with E-state index in [9.17, 15) is 0 Å². The van der Waals surface area contributed by atoms with Crippen LogP contribution in [0, 0.1) is 12.1 Å². The molecule has 0 fully saturated rings. The molecule has 82 valence electrons. The van der Waals surface area contributed by atoms with Crippen LogP contribution >= 0.6 is 7.92 Å². The Morgan fingerprint density at radius 1 is 0.750 bits per heavy atom. The topological polar surface area (TPSA) is 0 Å². The van der Waals surface area contributed by atoms with E-state index < -0.39 is 7.92 Å². The van der Waals surface area contributed by atoms with Crippen LogP contribution in [0.15, 0.2) is 60.7 Å². The van der Waals surface area contributed by atoms with Crippen LogP contribution in [0.1, 0.15) is 0 Å². The van der Waals surface area contributed by atoms with Gasteiger partial charge in [0.2, 0.25) is 0 Å². The second-order valence-electron chi connectivity index (χ2n) is 3.12. The third kappa shape index (κ3) is 3.08. The van der Waals surface area contributed by atoms with Gasteiger partial charge in [-0.25, -0.2) is 0 Å². The first kappa shape index (κ1) is 13.2. The number of rotatable bonds is 2.